The van der Waals surface area contributed by atoms with Crippen LogP contribution in [0.2, 0.25) is 0 Å². The summed E-state index contributed by atoms with van der Waals surface area (Å²) in [6, 6.07) is 0. The number of rotatable bonds is 1. The molecule has 0 aromatic rings. The minimum atomic E-state index is 0. The standard InChI is InChI=1S/C2H7N2.Co/c3-1-2-4;/h1H,2-4H2;/q-1;. The molecule has 0 spiro atoms. The number of nitrogens with two attached hydrogens (primary N) is 2. The SMILES string of the molecule is N[CH-]CN.[Co]. The fourth-order valence-corrected chi connectivity index (χ4v) is 0. The van der Waals surface area contributed by atoms with Crippen LogP contribution in [-0.4, -0.2) is 6.54 Å². The van der Waals surface area contributed by atoms with Gasteiger partial charge in [0, 0.05) is 16.8 Å². The van der Waals surface area contributed by atoms with E-state index in [4.69, 9.17) is 11.5 Å². The molecule has 0 aliphatic carbocycles. The third-order valence-corrected chi connectivity index (χ3v) is 0.136. The Balaban J connectivity index is 0. The van der Waals surface area contributed by atoms with Crippen LogP contribution >= 0.6 is 0 Å². The molecule has 5 heavy (non-hydrogen) atoms. The van der Waals surface area contributed by atoms with E-state index in [1.807, 2.05) is 0 Å². The van der Waals surface area contributed by atoms with E-state index in [9.17, 15) is 0 Å². The summed E-state index contributed by atoms with van der Waals surface area (Å²) in [5.74, 6) is 0. The van der Waals surface area contributed by atoms with E-state index in [1.54, 1.807) is 0 Å². The van der Waals surface area contributed by atoms with Crippen LogP contribution in [0, 0.1) is 6.54 Å². The molecule has 4 N–H and O–H groups in total. The Morgan fingerprint density at radius 3 is 1.80 bits per heavy atom. The first kappa shape index (κ1) is 9.06. The zero-order chi connectivity index (χ0) is 3.41. The van der Waals surface area contributed by atoms with Crippen LogP contribution in [0.3, 0.4) is 0 Å². The molecule has 0 saturated carbocycles. The molecule has 3 heteroatoms. The van der Waals surface area contributed by atoms with Crippen molar-refractivity contribution < 1.29 is 16.8 Å². The Morgan fingerprint density at radius 2 is 1.80 bits per heavy atom. The van der Waals surface area contributed by atoms with Crippen molar-refractivity contribution in [3.8, 4) is 0 Å². The van der Waals surface area contributed by atoms with Gasteiger partial charge in [-0.1, -0.05) is 0 Å². The van der Waals surface area contributed by atoms with E-state index >= 15 is 0 Å². The van der Waals surface area contributed by atoms with Gasteiger partial charge in [-0.05, 0) is 0 Å². The number of hydrogen-bond acceptors (Lipinski definition) is 2. The van der Waals surface area contributed by atoms with E-state index in [0.717, 1.165) is 0 Å². The van der Waals surface area contributed by atoms with Crippen molar-refractivity contribution in [2.75, 3.05) is 6.54 Å². The van der Waals surface area contributed by atoms with E-state index in [1.165, 1.54) is 6.54 Å². The van der Waals surface area contributed by atoms with Crippen LogP contribution in [0.1, 0.15) is 0 Å². The first-order valence-corrected chi connectivity index (χ1v) is 1.15. The van der Waals surface area contributed by atoms with Gasteiger partial charge in [-0.2, -0.15) is 0 Å². The van der Waals surface area contributed by atoms with E-state index < -0.39 is 0 Å². The van der Waals surface area contributed by atoms with Crippen molar-refractivity contribution in [2.24, 2.45) is 11.5 Å². The second-order valence-corrected chi connectivity index (χ2v) is 0.471. The van der Waals surface area contributed by atoms with Crippen molar-refractivity contribution in [3.63, 3.8) is 0 Å². The van der Waals surface area contributed by atoms with Crippen LogP contribution in [0.15, 0.2) is 0 Å². The molecule has 0 rings (SSSR count). The van der Waals surface area contributed by atoms with Crippen LogP contribution in [0.4, 0.5) is 0 Å². The quantitative estimate of drug-likeness (QED) is 0.437. The van der Waals surface area contributed by atoms with Gasteiger partial charge in [0.2, 0.25) is 0 Å². The van der Waals surface area contributed by atoms with Crippen LogP contribution in [0.25, 0.3) is 0 Å². The summed E-state index contributed by atoms with van der Waals surface area (Å²) in [5.41, 5.74) is 9.62. The van der Waals surface area contributed by atoms with Gasteiger partial charge in [-0.15, -0.1) is 6.54 Å². The molecule has 35 valence electrons. The monoisotopic (exact) mass is 118 g/mol. The molecule has 1 radical (unpaired) electrons. The average molecular weight is 118 g/mol. The maximum atomic E-state index is 4.85. The third kappa shape index (κ3) is 12.8. The van der Waals surface area contributed by atoms with Gasteiger partial charge in [0.1, 0.15) is 0 Å². The number of hydrogen-bond donors (Lipinski definition) is 2. The summed E-state index contributed by atoms with van der Waals surface area (Å²) < 4.78 is 0. The second-order valence-electron chi connectivity index (χ2n) is 0.471. The first-order valence-electron chi connectivity index (χ1n) is 1.15. The summed E-state index contributed by atoms with van der Waals surface area (Å²) in [6.45, 7) is 1.88. The fourth-order valence-electron chi connectivity index (χ4n) is 0. The Kier molecular flexibility index (Phi) is 16.0. The molecule has 2 nitrogen and oxygen atoms in total. The molecule has 0 saturated heterocycles. The van der Waals surface area contributed by atoms with E-state index in [-0.39, 0.29) is 16.8 Å². The van der Waals surface area contributed by atoms with Crippen LogP contribution in [-0.2, 0) is 16.8 Å². The zero-order valence-corrected chi connectivity index (χ0v) is 3.81. The summed E-state index contributed by atoms with van der Waals surface area (Å²) in [4.78, 5) is 0. The normalized spacial score (nSPS) is 6.00. The minimum absolute atomic E-state index is 0. The Morgan fingerprint density at radius 1 is 1.60 bits per heavy atom. The minimum Gasteiger partial charge on any atom is -0.482 e. The molecular weight excluding hydrogens is 111 g/mol. The van der Waals surface area contributed by atoms with Gasteiger partial charge in [0.15, 0.2) is 0 Å². The van der Waals surface area contributed by atoms with Gasteiger partial charge in [-0.3, -0.25) is 6.54 Å². The van der Waals surface area contributed by atoms with Crippen molar-refractivity contribution in [1.29, 1.82) is 0 Å². The maximum absolute atomic E-state index is 4.85. The molecule has 0 aliphatic rings. The fraction of sp³-hybridized carbons (Fsp3) is 0.500. The molecule has 0 heterocycles. The second kappa shape index (κ2) is 8.83. The Bertz CT molecular complexity index is 9.61. The van der Waals surface area contributed by atoms with Gasteiger partial charge in [0.25, 0.3) is 0 Å². The van der Waals surface area contributed by atoms with Crippen molar-refractivity contribution in [3.05, 3.63) is 6.54 Å². The first-order chi connectivity index (χ1) is 1.91. The van der Waals surface area contributed by atoms with Crippen molar-refractivity contribution in [1.82, 2.24) is 0 Å². The third-order valence-electron chi connectivity index (χ3n) is 0.136. The summed E-state index contributed by atoms with van der Waals surface area (Å²) >= 11 is 0. The van der Waals surface area contributed by atoms with Gasteiger partial charge in [-0.25, -0.2) is 0 Å². The molecular formula is C2H7CoN2-. The van der Waals surface area contributed by atoms with Gasteiger partial charge in [0.05, 0.1) is 0 Å². The van der Waals surface area contributed by atoms with Crippen molar-refractivity contribution in [2.45, 2.75) is 0 Å². The largest absolute Gasteiger partial charge is 0.482 e. The molecule has 0 amide bonds. The molecule has 0 aromatic carbocycles. The maximum Gasteiger partial charge on any atom is 0 e. The predicted octanol–water partition coefficient (Wildman–Crippen LogP) is -0.937. The topological polar surface area (TPSA) is 52.0 Å². The van der Waals surface area contributed by atoms with Crippen molar-refractivity contribution >= 4 is 0 Å². The van der Waals surface area contributed by atoms with Crippen LogP contribution in [0.5, 0.6) is 0 Å². The summed E-state index contributed by atoms with van der Waals surface area (Å²) in [6.07, 6.45) is 0. The average Bonchev–Trinajstić information content (AvgIpc) is 1.37. The predicted molar refractivity (Wildman–Crippen MR) is 17.5 cm³/mol. The van der Waals surface area contributed by atoms with E-state index in [0.29, 0.717) is 6.54 Å². The van der Waals surface area contributed by atoms with Crippen LogP contribution < -0.4 is 11.5 Å². The molecule has 0 unspecified atom stereocenters. The summed E-state index contributed by atoms with van der Waals surface area (Å²) in [7, 11) is 0. The Hall–Kier alpha value is 0.426. The molecule has 0 aliphatic heterocycles. The molecule has 0 fully saturated rings. The Labute approximate surface area is 42.1 Å². The molecule has 0 atom stereocenters. The zero-order valence-electron chi connectivity index (χ0n) is 2.77. The smallest absolute Gasteiger partial charge is 0 e. The van der Waals surface area contributed by atoms with Gasteiger partial charge < -0.3 is 11.5 Å². The van der Waals surface area contributed by atoms with Gasteiger partial charge >= 0.3 is 0 Å². The summed E-state index contributed by atoms with van der Waals surface area (Å²) in [5, 5.41) is 0. The molecule has 0 bridgehead atoms. The van der Waals surface area contributed by atoms with E-state index in [2.05, 4.69) is 0 Å². The molecule has 0 aromatic heterocycles.